The number of aliphatic carboxylic acids is 1. The highest BCUT2D eigenvalue weighted by Gasteiger charge is 2.31. The van der Waals surface area contributed by atoms with Gasteiger partial charge in [-0.1, -0.05) is 0 Å². The van der Waals surface area contributed by atoms with Crippen molar-refractivity contribution in [1.29, 1.82) is 0 Å². The van der Waals surface area contributed by atoms with E-state index in [0.29, 0.717) is 0 Å². The number of esters is 1. The van der Waals surface area contributed by atoms with Crippen molar-refractivity contribution in [3.05, 3.63) is 0 Å². The summed E-state index contributed by atoms with van der Waals surface area (Å²) < 4.78 is 4.91. The van der Waals surface area contributed by atoms with Crippen LogP contribution >= 0.6 is 0 Å². The first-order valence-electron chi connectivity index (χ1n) is 5.99. The van der Waals surface area contributed by atoms with Crippen LogP contribution in [-0.2, 0) is 19.1 Å². The molecule has 0 aromatic carbocycles. The van der Waals surface area contributed by atoms with Gasteiger partial charge in [0, 0.05) is 0 Å². The fourth-order valence-corrected chi connectivity index (χ4v) is 1.35. The van der Waals surface area contributed by atoms with E-state index in [1.165, 1.54) is 0 Å². The highest BCUT2D eigenvalue weighted by atomic mass is 16.5. The molecule has 0 saturated heterocycles. The van der Waals surface area contributed by atoms with Gasteiger partial charge < -0.3 is 26.0 Å². The van der Waals surface area contributed by atoms with Crippen LogP contribution in [0.2, 0.25) is 0 Å². The Hall–Kier alpha value is -1.67. The van der Waals surface area contributed by atoms with Crippen molar-refractivity contribution < 1.29 is 29.3 Å². The van der Waals surface area contributed by atoms with Gasteiger partial charge in [0.25, 0.3) is 0 Å². The molecule has 108 valence electrons. The molecule has 0 heterocycles. The molecule has 0 radical (unpaired) electrons. The van der Waals surface area contributed by atoms with Crippen molar-refractivity contribution in [3.8, 4) is 0 Å². The van der Waals surface area contributed by atoms with Crippen molar-refractivity contribution in [1.82, 2.24) is 5.32 Å². The summed E-state index contributed by atoms with van der Waals surface area (Å²) in [4.78, 5) is 33.1. The maximum absolute atomic E-state index is 11.5. The SMILES string of the molecule is N[C@H](CC(=O)O)C(=O)N[C@@H](CO)COC(=O)C1CC1. The third kappa shape index (κ3) is 5.66. The number of aliphatic hydroxyl groups excluding tert-OH is 1. The molecule has 0 aromatic rings. The summed E-state index contributed by atoms with van der Waals surface area (Å²) in [5.74, 6) is -2.31. The maximum atomic E-state index is 11.5. The molecule has 0 spiro atoms. The third-order valence-electron chi connectivity index (χ3n) is 2.64. The van der Waals surface area contributed by atoms with Crippen LogP contribution < -0.4 is 11.1 Å². The topological polar surface area (TPSA) is 139 Å². The Labute approximate surface area is 109 Å². The molecule has 0 bridgehead atoms. The Balaban J connectivity index is 2.31. The second-order valence-electron chi connectivity index (χ2n) is 4.50. The summed E-state index contributed by atoms with van der Waals surface area (Å²) in [7, 11) is 0. The van der Waals surface area contributed by atoms with Crippen LogP contribution in [0.4, 0.5) is 0 Å². The van der Waals surface area contributed by atoms with Crippen molar-refractivity contribution in [2.45, 2.75) is 31.3 Å². The van der Waals surface area contributed by atoms with Crippen LogP contribution in [0.5, 0.6) is 0 Å². The van der Waals surface area contributed by atoms with Crippen molar-refractivity contribution in [2.75, 3.05) is 13.2 Å². The van der Waals surface area contributed by atoms with Crippen molar-refractivity contribution >= 4 is 17.8 Å². The van der Waals surface area contributed by atoms with Gasteiger partial charge in [0.15, 0.2) is 0 Å². The second kappa shape index (κ2) is 7.05. The number of hydrogen-bond donors (Lipinski definition) is 4. The van der Waals surface area contributed by atoms with Crippen LogP contribution in [0.1, 0.15) is 19.3 Å². The first kappa shape index (κ1) is 15.4. The van der Waals surface area contributed by atoms with E-state index < -0.39 is 37.0 Å². The van der Waals surface area contributed by atoms with Gasteiger partial charge in [-0.25, -0.2) is 0 Å². The van der Waals surface area contributed by atoms with Gasteiger partial charge in [-0.3, -0.25) is 14.4 Å². The molecule has 1 aliphatic rings. The molecule has 1 amide bonds. The zero-order valence-electron chi connectivity index (χ0n) is 10.4. The Kier molecular flexibility index (Phi) is 5.71. The van der Waals surface area contributed by atoms with Crippen molar-refractivity contribution in [3.63, 3.8) is 0 Å². The first-order chi connectivity index (χ1) is 8.93. The molecule has 19 heavy (non-hydrogen) atoms. The normalized spacial score (nSPS) is 17.4. The Morgan fingerprint density at radius 1 is 1.37 bits per heavy atom. The highest BCUT2D eigenvalue weighted by molar-refractivity contribution is 5.86. The summed E-state index contributed by atoms with van der Waals surface area (Å²) in [6, 6.07) is -1.99. The van der Waals surface area contributed by atoms with E-state index in [1.807, 2.05) is 0 Å². The van der Waals surface area contributed by atoms with E-state index in [0.717, 1.165) is 12.8 Å². The lowest BCUT2D eigenvalue weighted by molar-refractivity contribution is -0.147. The summed E-state index contributed by atoms with van der Waals surface area (Å²) in [5, 5.41) is 19.9. The van der Waals surface area contributed by atoms with Gasteiger partial charge in [0.2, 0.25) is 5.91 Å². The maximum Gasteiger partial charge on any atom is 0.309 e. The average molecular weight is 274 g/mol. The number of amides is 1. The zero-order chi connectivity index (χ0) is 14.4. The van der Waals surface area contributed by atoms with Crippen LogP contribution in [0, 0.1) is 5.92 Å². The highest BCUT2D eigenvalue weighted by Crippen LogP contribution is 2.29. The summed E-state index contributed by atoms with van der Waals surface area (Å²) >= 11 is 0. The fourth-order valence-electron chi connectivity index (χ4n) is 1.35. The lowest BCUT2D eigenvalue weighted by atomic mass is 10.2. The predicted molar refractivity (Wildman–Crippen MR) is 62.9 cm³/mol. The summed E-state index contributed by atoms with van der Waals surface area (Å²) in [6.07, 6.45) is 1.10. The molecule has 0 aromatic heterocycles. The van der Waals surface area contributed by atoms with E-state index in [9.17, 15) is 14.4 Å². The minimum atomic E-state index is -1.20. The average Bonchev–Trinajstić information content (AvgIpc) is 3.16. The standard InChI is InChI=1S/C11H18N2O6/c12-8(3-9(15)16)10(17)13-7(4-14)5-19-11(18)6-1-2-6/h6-8,14H,1-5,12H2,(H,13,17)(H,15,16)/t7-,8+/m0/s1. The molecule has 5 N–H and O–H groups in total. The molecule has 0 aliphatic heterocycles. The molecule has 1 aliphatic carbocycles. The number of hydrogen-bond acceptors (Lipinski definition) is 6. The second-order valence-corrected chi connectivity index (χ2v) is 4.50. The minimum Gasteiger partial charge on any atom is -0.481 e. The Morgan fingerprint density at radius 2 is 2.00 bits per heavy atom. The zero-order valence-corrected chi connectivity index (χ0v) is 10.4. The number of nitrogens with two attached hydrogens (primary N) is 1. The molecule has 1 saturated carbocycles. The molecule has 2 atom stereocenters. The number of aliphatic hydroxyl groups is 1. The number of carboxylic acids is 1. The van der Waals surface area contributed by atoms with Gasteiger partial charge in [0.1, 0.15) is 6.61 Å². The van der Waals surface area contributed by atoms with Gasteiger partial charge in [0.05, 0.1) is 31.0 Å². The number of nitrogens with one attached hydrogen (secondary N) is 1. The quantitative estimate of drug-likeness (QED) is 0.384. The molecule has 8 heteroatoms. The minimum absolute atomic E-state index is 0.0655. The van der Waals surface area contributed by atoms with E-state index in [2.05, 4.69) is 5.32 Å². The van der Waals surface area contributed by atoms with Crippen LogP contribution in [0.25, 0.3) is 0 Å². The Bertz CT molecular complexity index is 355. The number of rotatable bonds is 8. The van der Waals surface area contributed by atoms with Crippen LogP contribution in [-0.4, -0.2) is 53.4 Å². The first-order valence-corrected chi connectivity index (χ1v) is 5.99. The van der Waals surface area contributed by atoms with Crippen LogP contribution in [0.3, 0.4) is 0 Å². The van der Waals surface area contributed by atoms with Gasteiger partial charge >= 0.3 is 11.9 Å². The van der Waals surface area contributed by atoms with Gasteiger partial charge in [-0.2, -0.15) is 0 Å². The van der Waals surface area contributed by atoms with Gasteiger partial charge in [-0.05, 0) is 12.8 Å². The largest absolute Gasteiger partial charge is 0.481 e. The molecular formula is C11H18N2O6. The molecule has 1 rings (SSSR count). The summed E-state index contributed by atoms with van der Waals surface area (Å²) in [5.41, 5.74) is 5.35. The van der Waals surface area contributed by atoms with E-state index in [4.69, 9.17) is 20.7 Å². The lowest BCUT2D eigenvalue weighted by Gasteiger charge is -2.18. The molecule has 0 unspecified atom stereocenters. The molecule has 8 nitrogen and oxygen atoms in total. The third-order valence-corrected chi connectivity index (χ3v) is 2.64. The smallest absolute Gasteiger partial charge is 0.309 e. The van der Waals surface area contributed by atoms with E-state index >= 15 is 0 Å². The number of carbonyl (C=O) groups excluding carboxylic acids is 2. The van der Waals surface area contributed by atoms with E-state index in [1.54, 1.807) is 0 Å². The monoisotopic (exact) mass is 274 g/mol. The van der Waals surface area contributed by atoms with Crippen LogP contribution in [0.15, 0.2) is 0 Å². The van der Waals surface area contributed by atoms with Gasteiger partial charge in [-0.15, -0.1) is 0 Å². The molecular weight excluding hydrogens is 256 g/mol. The number of carbonyl (C=O) groups is 3. The fraction of sp³-hybridized carbons (Fsp3) is 0.727. The predicted octanol–water partition coefficient (Wildman–Crippen LogP) is -1.78. The number of ether oxygens (including phenoxy) is 1. The summed E-state index contributed by atoms with van der Waals surface area (Å²) in [6.45, 7) is -0.582. The number of carboxylic acid groups (broad SMARTS) is 1. The van der Waals surface area contributed by atoms with E-state index in [-0.39, 0.29) is 18.5 Å². The van der Waals surface area contributed by atoms with Crippen molar-refractivity contribution in [2.24, 2.45) is 11.7 Å². The lowest BCUT2D eigenvalue weighted by Crippen LogP contribution is -2.49. The Morgan fingerprint density at radius 3 is 2.47 bits per heavy atom. The molecule has 1 fully saturated rings.